The number of rotatable bonds is 7. The van der Waals surface area contributed by atoms with Gasteiger partial charge in [0.2, 0.25) is 0 Å². The maximum Gasteiger partial charge on any atom is 0.251 e. The van der Waals surface area contributed by atoms with Crippen molar-refractivity contribution in [1.29, 1.82) is 0 Å². The van der Waals surface area contributed by atoms with Crippen LogP contribution in [-0.2, 0) is 0 Å². The fraction of sp³-hybridized carbons (Fsp3) is 0.263. The smallest absolute Gasteiger partial charge is 0.251 e. The quantitative estimate of drug-likeness (QED) is 0.809. The lowest BCUT2D eigenvalue weighted by Gasteiger charge is -2.15. The molecule has 132 valence electrons. The van der Waals surface area contributed by atoms with Gasteiger partial charge in [-0.2, -0.15) is 0 Å². The molecule has 0 aliphatic heterocycles. The number of ether oxygens (including phenoxy) is 2. The molecule has 0 aliphatic carbocycles. The minimum atomic E-state index is -0.211. The van der Waals surface area contributed by atoms with Gasteiger partial charge >= 0.3 is 0 Å². The van der Waals surface area contributed by atoms with E-state index in [1.54, 1.807) is 62.8 Å². The van der Waals surface area contributed by atoms with E-state index in [0.29, 0.717) is 29.2 Å². The lowest BCUT2D eigenvalue weighted by atomic mass is 10.2. The summed E-state index contributed by atoms with van der Waals surface area (Å²) in [6.07, 6.45) is 0. The molecule has 0 spiro atoms. The molecule has 2 amide bonds. The van der Waals surface area contributed by atoms with Gasteiger partial charge in [-0.3, -0.25) is 9.59 Å². The molecule has 2 rings (SSSR count). The first-order chi connectivity index (χ1) is 12.0. The fourth-order valence-corrected chi connectivity index (χ4v) is 2.19. The summed E-state index contributed by atoms with van der Waals surface area (Å²) in [7, 11) is 3.14. The summed E-state index contributed by atoms with van der Waals surface area (Å²) in [6, 6.07) is 13.5. The SMILES string of the molecule is COc1ccc(C(=O)NC[C@H](C)NC(=O)c2ccc(OC)cc2)cc1. The Kier molecular flexibility index (Phi) is 6.39. The van der Waals surface area contributed by atoms with Crippen molar-refractivity contribution in [3.05, 3.63) is 59.7 Å². The van der Waals surface area contributed by atoms with Crippen LogP contribution in [0.4, 0.5) is 0 Å². The minimum Gasteiger partial charge on any atom is -0.497 e. The molecule has 0 heterocycles. The number of methoxy groups -OCH3 is 2. The molecule has 0 fully saturated rings. The summed E-state index contributed by atoms with van der Waals surface area (Å²) in [6.45, 7) is 2.16. The molecule has 0 saturated carbocycles. The van der Waals surface area contributed by atoms with Crippen molar-refractivity contribution in [1.82, 2.24) is 10.6 Å². The van der Waals surface area contributed by atoms with Crippen molar-refractivity contribution in [2.75, 3.05) is 20.8 Å². The van der Waals surface area contributed by atoms with Crippen molar-refractivity contribution >= 4 is 11.8 Å². The zero-order valence-corrected chi connectivity index (χ0v) is 14.5. The van der Waals surface area contributed by atoms with Gasteiger partial charge in [0.05, 0.1) is 14.2 Å². The summed E-state index contributed by atoms with van der Waals surface area (Å²) in [4.78, 5) is 24.3. The summed E-state index contributed by atoms with van der Waals surface area (Å²) < 4.78 is 10.1. The first kappa shape index (κ1) is 18.3. The average Bonchev–Trinajstić information content (AvgIpc) is 2.66. The highest BCUT2D eigenvalue weighted by Gasteiger charge is 2.12. The van der Waals surface area contributed by atoms with Gasteiger partial charge in [-0.05, 0) is 55.5 Å². The van der Waals surface area contributed by atoms with Crippen LogP contribution >= 0.6 is 0 Å². The van der Waals surface area contributed by atoms with Gasteiger partial charge in [0.1, 0.15) is 11.5 Å². The van der Waals surface area contributed by atoms with Crippen LogP contribution in [0.3, 0.4) is 0 Å². The van der Waals surface area contributed by atoms with E-state index in [-0.39, 0.29) is 17.9 Å². The van der Waals surface area contributed by atoms with Gasteiger partial charge in [0.15, 0.2) is 0 Å². The van der Waals surface area contributed by atoms with Crippen LogP contribution in [0.25, 0.3) is 0 Å². The highest BCUT2D eigenvalue weighted by Crippen LogP contribution is 2.12. The third kappa shape index (κ3) is 5.24. The monoisotopic (exact) mass is 342 g/mol. The predicted octanol–water partition coefficient (Wildman–Crippen LogP) is 2.25. The van der Waals surface area contributed by atoms with Crippen LogP contribution in [0.2, 0.25) is 0 Å². The number of hydrogen-bond donors (Lipinski definition) is 2. The molecule has 25 heavy (non-hydrogen) atoms. The first-order valence-electron chi connectivity index (χ1n) is 7.90. The Hall–Kier alpha value is -3.02. The maximum atomic E-state index is 12.2. The summed E-state index contributed by atoms with van der Waals surface area (Å²) in [5.41, 5.74) is 1.07. The average molecular weight is 342 g/mol. The normalized spacial score (nSPS) is 11.3. The van der Waals surface area contributed by atoms with E-state index in [9.17, 15) is 9.59 Å². The van der Waals surface area contributed by atoms with Crippen molar-refractivity contribution < 1.29 is 19.1 Å². The largest absolute Gasteiger partial charge is 0.497 e. The molecule has 2 aromatic rings. The van der Waals surface area contributed by atoms with Crippen molar-refractivity contribution in [3.63, 3.8) is 0 Å². The standard InChI is InChI=1S/C19H22N2O4/c1-13(21-19(23)15-6-10-17(25-3)11-7-15)12-20-18(22)14-4-8-16(24-2)9-5-14/h4-11,13H,12H2,1-3H3,(H,20,22)(H,21,23)/t13-/m0/s1. The molecule has 0 aromatic heterocycles. The van der Waals surface area contributed by atoms with E-state index in [1.165, 1.54) is 0 Å². The van der Waals surface area contributed by atoms with Crippen molar-refractivity contribution in [2.24, 2.45) is 0 Å². The van der Waals surface area contributed by atoms with E-state index in [0.717, 1.165) is 0 Å². The van der Waals surface area contributed by atoms with E-state index in [2.05, 4.69) is 10.6 Å². The van der Waals surface area contributed by atoms with E-state index in [1.807, 2.05) is 6.92 Å². The Morgan fingerprint density at radius 2 is 1.28 bits per heavy atom. The maximum absolute atomic E-state index is 12.2. The number of amides is 2. The molecule has 0 aliphatic rings. The highest BCUT2D eigenvalue weighted by atomic mass is 16.5. The van der Waals surface area contributed by atoms with Crippen molar-refractivity contribution in [2.45, 2.75) is 13.0 Å². The Morgan fingerprint density at radius 1 is 0.840 bits per heavy atom. The van der Waals surface area contributed by atoms with Gasteiger partial charge < -0.3 is 20.1 Å². The topological polar surface area (TPSA) is 76.7 Å². The van der Waals surface area contributed by atoms with Gasteiger partial charge in [0.25, 0.3) is 11.8 Å². The summed E-state index contributed by atoms with van der Waals surface area (Å²) in [5.74, 6) is 0.982. The lowest BCUT2D eigenvalue weighted by molar-refractivity contribution is 0.0912. The van der Waals surface area contributed by atoms with Gasteiger partial charge in [-0.1, -0.05) is 0 Å². The van der Waals surface area contributed by atoms with Crippen LogP contribution in [0.5, 0.6) is 11.5 Å². The first-order valence-corrected chi connectivity index (χ1v) is 7.90. The zero-order chi connectivity index (χ0) is 18.2. The number of nitrogens with one attached hydrogen (secondary N) is 2. The molecule has 1 atom stereocenters. The second-order valence-corrected chi connectivity index (χ2v) is 5.54. The van der Waals surface area contributed by atoms with Crippen LogP contribution in [0, 0.1) is 0 Å². The minimum absolute atomic E-state index is 0.200. The third-order valence-corrected chi connectivity index (χ3v) is 3.65. The highest BCUT2D eigenvalue weighted by molar-refractivity contribution is 5.95. The molecule has 0 saturated heterocycles. The van der Waals surface area contributed by atoms with Crippen LogP contribution in [-0.4, -0.2) is 38.6 Å². The van der Waals surface area contributed by atoms with Crippen LogP contribution in [0.15, 0.2) is 48.5 Å². The van der Waals surface area contributed by atoms with Crippen LogP contribution in [0.1, 0.15) is 27.6 Å². The Balaban J connectivity index is 1.83. The Morgan fingerprint density at radius 3 is 1.72 bits per heavy atom. The second-order valence-electron chi connectivity index (χ2n) is 5.54. The number of carbonyl (C=O) groups is 2. The Labute approximate surface area is 147 Å². The third-order valence-electron chi connectivity index (χ3n) is 3.65. The molecule has 0 radical (unpaired) electrons. The van der Waals surface area contributed by atoms with Crippen LogP contribution < -0.4 is 20.1 Å². The second kappa shape index (κ2) is 8.73. The molecule has 0 unspecified atom stereocenters. The van der Waals surface area contributed by atoms with Gasteiger partial charge in [0, 0.05) is 23.7 Å². The summed E-state index contributed by atoms with van der Waals surface area (Å²) in [5, 5.41) is 5.64. The molecule has 2 N–H and O–H groups in total. The number of carbonyl (C=O) groups excluding carboxylic acids is 2. The molecular weight excluding hydrogens is 320 g/mol. The lowest BCUT2D eigenvalue weighted by Crippen LogP contribution is -2.41. The predicted molar refractivity (Wildman–Crippen MR) is 95.2 cm³/mol. The molecule has 2 aromatic carbocycles. The molecule has 6 heteroatoms. The zero-order valence-electron chi connectivity index (χ0n) is 14.5. The summed E-state index contributed by atoms with van der Waals surface area (Å²) >= 11 is 0. The molecule has 0 bridgehead atoms. The number of benzene rings is 2. The number of hydrogen-bond acceptors (Lipinski definition) is 4. The van der Waals surface area contributed by atoms with E-state index in [4.69, 9.17) is 9.47 Å². The van der Waals surface area contributed by atoms with E-state index < -0.39 is 0 Å². The van der Waals surface area contributed by atoms with Gasteiger partial charge in [-0.25, -0.2) is 0 Å². The van der Waals surface area contributed by atoms with Gasteiger partial charge in [-0.15, -0.1) is 0 Å². The fourth-order valence-electron chi connectivity index (χ4n) is 2.19. The molecule has 6 nitrogen and oxygen atoms in total. The Bertz CT molecular complexity index is 711. The molecular formula is C19H22N2O4. The van der Waals surface area contributed by atoms with Crippen molar-refractivity contribution in [3.8, 4) is 11.5 Å². The van der Waals surface area contributed by atoms with E-state index >= 15 is 0 Å².